The van der Waals surface area contributed by atoms with E-state index in [1.54, 1.807) is 0 Å². The Balaban J connectivity index is 1.68. The van der Waals surface area contributed by atoms with Crippen molar-refractivity contribution < 1.29 is 0 Å². The van der Waals surface area contributed by atoms with Gasteiger partial charge in [-0.2, -0.15) is 0 Å². The van der Waals surface area contributed by atoms with Crippen LogP contribution < -0.4 is 11.1 Å². The lowest BCUT2D eigenvalue weighted by molar-refractivity contribution is 0.401. The molecule has 0 amide bonds. The molecule has 0 unspecified atom stereocenters. The molecule has 4 nitrogen and oxygen atoms in total. The number of nitrogens with two attached hydrogens (primary N) is 1. The molecule has 1 heterocycles. The number of nitrogens with one attached hydrogen (secondary N) is 1. The highest BCUT2D eigenvalue weighted by Gasteiger charge is 2.23. The zero-order chi connectivity index (χ0) is 17.2. The van der Waals surface area contributed by atoms with E-state index < -0.39 is 0 Å². The molecular formula is C21H26N4. The molecule has 3 N–H and O–H groups in total. The summed E-state index contributed by atoms with van der Waals surface area (Å²) >= 11 is 0. The highest BCUT2D eigenvalue weighted by Crippen LogP contribution is 2.25. The molecule has 0 bridgehead atoms. The van der Waals surface area contributed by atoms with Crippen LogP contribution in [0.25, 0.3) is 11.0 Å². The fraction of sp³-hybridized carbons (Fsp3) is 0.381. The number of hydrogen-bond donors (Lipinski definition) is 2. The first-order chi connectivity index (χ1) is 12.2. The van der Waals surface area contributed by atoms with Gasteiger partial charge in [-0.05, 0) is 37.5 Å². The van der Waals surface area contributed by atoms with Crippen molar-refractivity contribution in [3.8, 4) is 0 Å². The molecule has 130 valence electrons. The third-order valence-corrected chi connectivity index (χ3v) is 5.25. The maximum atomic E-state index is 6.34. The number of nitrogens with zero attached hydrogens (tertiary/aromatic N) is 2. The first kappa shape index (κ1) is 16.2. The van der Waals surface area contributed by atoms with E-state index in [-0.39, 0.29) is 6.04 Å². The van der Waals surface area contributed by atoms with Crippen LogP contribution in [-0.2, 0) is 6.54 Å². The number of hydrogen-bond acceptors (Lipinski definition) is 3. The molecule has 0 radical (unpaired) electrons. The van der Waals surface area contributed by atoms with Gasteiger partial charge in [-0.15, -0.1) is 0 Å². The topological polar surface area (TPSA) is 55.9 Å². The minimum atomic E-state index is 0.210. The summed E-state index contributed by atoms with van der Waals surface area (Å²) < 4.78 is 2.28. The number of fused-ring (bicyclic) bond motifs is 1. The maximum absolute atomic E-state index is 6.34. The Kier molecular flexibility index (Phi) is 4.45. The molecule has 1 fully saturated rings. The number of anilines is 1. The van der Waals surface area contributed by atoms with Gasteiger partial charge in [0.2, 0.25) is 5.95 Å². The monoisotopic (exact) mass is 334 g/mol. The normalized spacial score (nSPS) is 20.7. The lowest BCUT2D eigenvalue weighted by Gasteiger charge is -2.29. The second-order valence-electron chi connectivity index (χ2n) is 7.20. The van der Waals surface area contributed by atoms with E-state index in [4.69, 9.17) is 10.7 Å². The predicted octanol–water partition coefficient (Wildman–Crippen LogP) is 4.07. The van der Waals surface area contributed by atoms with Crippen LogP contribution in [0.3, 0.4) is 0 Å². The summed E-state index contributed by atoms with van der Waals surface area (Å²) in [7, 11) is 0. The molecule has 3 aromatic rings. The van der Waals surface area contributed by atoms with Gasteiger partial charge in [0, 0.05) is 12.1 Å². The molecule has 2 atom stereocenters. The smallest absolute Gasteiger partial charge is 0.204 e. The van der Waals surface area contributed by atoms with Crippen LogP contribution >= 0.6 is 0 Å². The number of benzene rings is 2. The molecule has 1 aliphatic carbocycles. The number of rotatable bonds is 4. The summed E-state index contributed by atoms with van der Waals surface area (Å²) in [6.45, 7) is 2.93. The Morgan fingerprint density at radius 2 is 1.84 bits per heavy atom. The van der Waals surface area contributed by atoms with Crippen molar-refractivity contribution >= 4 is 17.0 Å². The molecular weight excluding hydrogens is 308 g/mol. The summed E-state index contributed by atoms with van der Waals surface area (Å²) in [6.07, 6.45) is 4.69. The van der Waals surface area contributed by atoms with Gasteiger partial charge >= 0.3 is 0 Å². The molecule has 1 aliphatic rings. The average Bonchev–Trinajstić information content (AvgIpc) is 2.96. The van der Waals surface area contributed by atoms with Crippen LogP contribution in [0.2, 0.25) is 0 Å². The zero-order valence-electron chi connectivity index (χ0n) is 14.8. The molecule has 0 saturated heterocycles. The van der Waals surface area contributed by atoms with Crippen molar-refractivity contribution in [1.29, 1.82) is 0 Å². The van der Waals surface area contributed by atoms with Crippen LogP contribution in [0, 0.1) is 6.92 Å². The summed E-state index contributed by atoms with van der Waals surface area (Å²) in [6, 6.07) is 17.6. The van der Waals surface area contributed by atoms with Crippen LogP contribution in [-0.4, -0.2) is 21.6 Å². The van der Waals surface area contributed by atoms with Crippen LogP contribution in [0.15, 0.2) is 48.5 Å². The first-order valence-corrected chi connectivity index (χ1v) is 9.23. The largest absolute Gasteiger partial charge is 0.351 e. The van der Waals surface area contributed by atoms with Gasteiger partial charge in [0.1, 0.15) is 0 Å². The molecule has 25 heavy (non-hydrogen) atoms. The predicted molar refractivity (Wildman–Crippen MR) is 104 cm³/mol. The fourth-order valence-electron chi connectivity index (χ4n) is 3.73. The van der Waals surface area contributed by atoms with Crippen molar-refractivity contribution in [2.24, 2.45) is 5.73 Å². The van der Waals surface area contributed by atoms with Crippen molar-refractivity contribution in [1.82, 2.24) is 9.55 Å². The zero-order valence-corrected chi connectivity index (χ0v) is 14.8. The van der Waals surface area contributed by atoms with E-state index >= 15 is 0 Å². The number of imidazole rings is 1. The van der Waals surface area contributed by atoms with E-state index in [1.165, 1.54) is 24.0 Å². The number of para-hydroxylation sites is 2. The fourth-order valence-corrected chi connectivity index (χ4v) is 3.73. The Hall–Kier alpha value is -2.33. The molecule has 2 aromatic carbocycles. The van der Waals surface area contributed by atoms with E-state index in [1.807, 2.05) is 6.07 Å². The second kappa shape index (κ2) is 6.89. The molecule has 4 heteroatoms. The summed E-state index contributed by atoms with van der Waals surface area (Å²) in [5, 5.41) is 3.65. The van der Waals surface area contributed by atoms with Gasteiger partial charge in [-0.1, -0.05) is 54.8 Å². The highest BCUT2D eigenvalue weighted by atomic mass is 15.2. The lowest BCUT2D eigenvalue weighted by Crippen LogP contribution is -2.43. The van der Waals surface area contributed by atoms with E-state index in [2.05, 4.69) is 59.3 Å². The molecule has 4 rings (SSSR count). The van der Waals surface area contributed by atoms with Crippen LogP contribution in [0.4, 0.5) is 5.95 Å². The first-order valence-electron chi connectivity index (χ1n) is 9.23. The van der Waals surface area contributed by atoms with E-state index in [9.17, 15) is 0 Å². The standard InChI is InChI=1S/C21H26N4/c1-15-10-12-16(13-11-15)14-25-20-9-5-4-8-19(20)24-21(25)23-18-7-3-2-6-17(18)22/h4-5,8-13,17-18H,2-3,6-7,14,22H2,1H3,(H,23,24)/t17-,18+/m1/s1. The maximum Gasteiger partial charge on any atom is 0.204 e. The van der Waals surface area contributed by atoms with Gasteiger partial charge in [0.15, 0.2) is 0 Å². The van der Waals surface area contributed by atoms with Crippen molar-refractivity contribution in [2.45, 2.75) is 51.2 Å². The van der Waals surface area contributed by atoms with E-state index in [0.717, 1.165) is 36.4 Å². The molecule has 1 aromatic heterocycles. The summed E-state index contributed by atoms with van der Waals surface area (Å²) in [5.74, 6) is 0.934. The van der Waals surface area contributed by atoms with Crippen LogP contribution in [0.1, 0.15) is 36.8 Å². The minimum Gasteiger partial charge on any atom is -0.351 e. The Morgan fingerprint density at radius 1 is 1.08 bits per heavy atom. The quantitative estimate of drug-likeness (QED) is 0.756. The molecule has 0 aliphatic heterocycles. The Morgan fingerprint density at radius 3 is 2.64 bits per heavy atom. The van der Waals surface area contributed by atoms with Gasteiger partial charge in [0.05, 0.1) is 17.6 Å². The summed E-state index contributed by atoms with van der Waals surface area (Å²) in [4.78, 5) is 4.85. The molecule has 1 saturated carbocycles. The van der Waals surface area contributed by atoms with Gasteiger partial charge in [-0.25, -0.2) is 4.98 Å². The summed E-state index contributed by atoms with van der Waals surface area (Å²) in [5.41, 5.74) is 11.1. The van der Waals surface area contributed by atoms with Gasteiger partial charge < -0.3 is 15.6 Å². The molecule has 0 spiro atoms. The Bertz CT molecular complexity index is 850. The van der Waals surface area contributed by atoms with Gasteiger partial charge in [0.25, 0.3) is 0 Å². The highest BCUT2D eigenvalue weighted by molar-refractivity contribution is 5.78. The van der Waals surface area contributed by atoms with Crippen LogP contribution in [0.5, 0.6) is 0 Å². The second-order valence-corrected chi connectivity index (χ2v) is 7.20. The Labute approximate surface area is 149 Å². The minimum absolute atomic E-state index is 0.210. The lowest BCUT2D eigenvalue weighted by atomic mass is 9.91. The third kappa shape index (κ3) is 3.40. The SMILES string of the molecule is Cc1ccc(Cn2c(N[C@H]3CCCC[C@H]3N)nc3ccccc32)cc1. The number of aromatic nitrogens is 2. The third-order valence-electron chi connectivity index (χ3n) is 5.25. The van der Waals surface area contributed by atoms with Gasteiger partial charge in [-0.3, -0.25) is 0 Å². The van der Waals surface area contributed by atoms with Crippen molar-refractivity contribution in [3.63, 3.8) is 0 Å². The van der Waals surface area contributed by atoms with Crippen molar-refractivity contribution in [3.05, 3.63) is 59.7 Å². The average molecular weight is 334 g/mol. The van der Waals surface area contributed by atoms with E-state index in [0.29, 0.717) is 6.04 Å². The van der Waals surface area contributed by atoms with Crippen molar-refractivity contribution in [2.75, 3.05) is 5.32 Å². The number of aryl methyl sites for hydroxylation is 1.